The highest BCUT2D eigenvalue weighted by atomic mass is 35.5. The number of nitrogens with two attached hydrogens (primary N) is 1. The fourth-order valence-electron chi connectivity index (χ4n) is 1.41. The Morgan fingerprint density at radius 3 is 2.53 bits per heavy atom. The highest BCUT2D eigenvalue weighted by Crippen LogP contribution is 2.06. The number of aliphatic hydroxyl groups is 1. The minimum atomic E-state index is -0.106. The summed E-state index contributed by atoms with van der Waals surface area (Å²) in [7, 11) is 0. The topological polar surface area (TPSA) is 75.3 Å². The molecule has 0 spiro atoms. The number of carbonyl (C=O) groups is 1. The molecule has 1 amide bonds. The van der Waals surface area contributed by atoms with Gasteiger partial charge < -0.3 is 16.2 Å². The molecule has 0 aliphatic rings. The number of nitrogen functional groups attached to an aromatic ring is 1. The van der Waals surface area contributed by atoms with E-state index in [0.29, 0.717) is 17.7 Å². The van der Waals surface area contributed by atoms with E-state index in [0.717, 1.165) is 6.42 Å². The Morgan fingerprint density at radius 2 is 2.00 bits per heavy atom. The maximum atomic E-state index is 11.7. The van der Waals surface area contributed by atoms with Crippen molar-refractivity contribution in [2.24, 2.45) is 0 Å². The van der Waals surface area contributed by atoms with Gasteiger partial charge in [-0.15, -0.1) is 12.4 Å². The van der Waals surface area contributed by atoms with Crippen molar-refractivity contribution in [2.75, 3.05) is 12.3 Å². The zero-order chi connectivity index (χ0) is 12.0. The first kappa shape index (κ1) is 15.7. The highest BCUT2D eigenvalue weighted by molar-refractivity contribution is 5.94. The van der Waals surface area contributed by atoms with Crippen LogP contribution in [0.25, 0.3) is 0 Å². The van der Waals surface area contributed by atoms with Crippen LogP contribution in [-0.2, 0) is 0 Å². The van der Waals surface area contributed by atoms with Gasteiger partial charge in [0.1, 0.15) is 0 Å². The number of carbonyl (C=O) groups excluding carboxylic acids is 1. The summed E-state index contributed by atoms with van der Waals surface area (Å²) in [6.45, 7) is 2.08. The normalized spacial score (nSPS) is 11.4. The second-order valence-corrected chi connectivity index (χ2v) is 3.86. The largest absolute Gasteiger partial charge is 0.399 e. The van der Waals surface area contributed by atoms with Crippen LogP contribution in [-0.4, -0.2) is 23.7 Å². The second-order valence-electron chi connectivity index (χ2n) is 3.86. The molecule has 4 N–H and O–H groups in total. The van der Waals surface area contributed by atoms with Crippen molar-refractivity contribution in [1.82, 2.24) is 5.32 Å². The van der Waals surface area contributed by atoms with E-state index >= 15 is 0 Å². The third kappa shape index (κ3) is 5.56. The fourth-order valence-corrected chi connectivity index (χ4v) is 1.41. The first-order chi connectivity index (χ1) is 7.63. The minimum Gasteiger partial charge on any atom is -0.399 e. The average Bonchev–Trinajstić information content (AvgIpc) is 2.27. The summed E-state index contributed by atoms with van der Waals surface area (Å²) < 4.78 is 0. The summed E-state index contributed by atoms with van der Waals surface area (Å²) in [5, 5.41) is 11.5. The molecule has 0 saturated heterocycles. The predicted molar refractivity (Wildman–Crippen MR) is 71.4 cm³/mol. The van der Waals surface area contributed by atoms with Crippen LogP contribution in [0.1, 0.15) is 30.1 Å². The molecule has 96 valence electrons. The lowest BCUT2D eigenvalue weighted by Gasteiger charge is -2.13. The van der Waals surface area contributed by atoms with Crippen LogP contribution in [0.3, 0.4) is 0 Å². The number of halogens is 1. The van der Waals surface area contributed by atoms with Crippen molar-refractivity contribution >= 4 is 24.0 Å². The molecule has 1 unspecified atom stereocenters. The fraction of sp³-hybridized carbons (Fsp3) is 0.417. The molecular formula is C12H19ClN2O2. The SMILES string of the molecule is CC(CCCO)NC(=O)c1ccc(N)cc1.Cl. The van der Waals surface area contributed by atoms with E-state index in [1.54, 1.807) is 24.3 Å². The van der Waals surface area contributed by atoms with E-state index in [2.05, 4.69) is 5.32 Å². The summed E-state index contributed by atoms with van der Waals surface area (Å²) in [5.74, 6) is -0.106. The molecule has 5 heteroatoms. The second kappa shape index (κ2) is 7.92. The summed E-state index contributed by atoms with van der Waals surface area (Å²) in [6.07, 6.45) is 1.47. The van der Waals surface area contributed by atoms with Crippen LogP contribution in [0.15, 0.2) is 24.3 Å². The van der Waals surface area contributed by atoms with Crippen LogP contribution in [0.5, 0.6) is 0 Å². The zero-order valence-electron chi connectivity index (χ0n) is 9.85. The number of hydrogen-bond acceptors (Lipinski definition) is 3. The molecule has 1 rings (SSSR count). The average molecular weight is 259 g/mol. The molecule has 4 nitrogen and oxygen atoms in total. The van der Waals surface area contributed by atoms with Crippen LogP contribution in [0.2, 0.25) is 0 Å². The van der Waals surface area contributed by atoms with Gasteiger partial charge in [-0.25, -0.2) is 0 Å². The van der Waals surface area contributed by atoms with Crippen LogP contribution < -0.4 is 11.1 Å². The summed E-state index contributed by atoms with van der Waals surface area (Å²) >= 11 is 0. The molecule has 1 aromatic rings. The van der Waals surface area contributed by atoms with Gasteiger partial charge in [0.05, 0.1) is 0 Å². The number of hydrogen-bond donors (Lipinski definition) is 3. The molecule has 0 saturated carbocycles. The first-order valence-electron chi connectivity index (χ1n) is 5.40. The molecule has 0 bridgehead atoms. The Kier molecular flexibility index (Phi) is 7.34. The molecule has 0 heterocycles. The van der Waals surface area contributed by atoms with Crippen LogP contribution >= 0.6 is 12.4 Å². The first-order valence-corrected chi connectivity index (χ1v) is 5.40. The molecule has 1 atom stereocenters. The Morgan fingerprint density at radius 1 is 1.41 bits per heavy atom. The van der Waals surface area contributed by atoms with Crippen molar-refractivity contribution in [3.05, 3.63) is 29.8 Å². The molecule has 0 fully saturated rings. The van der Waals surface area contributed by atoms with E-state index in [1.165, 1.54) is 0 Å². The van der Waals surface area contributed by atoms with E-state index in [1.807, 2.05) is 6.92 Å². The van der Waals surface area contributed by atoms with Gasteiger partial charge in [-0.05, 0) is 44.0 Å². The van der Waals surface area contributed by atoms with E-state index in [9.17, 15) is 4.79 Å². The maximum Gasteiger partial charge on any atom is 0.251 e. The van der Waals surface area contributed by atoms with Crippen molar-refractivity contribution in [1.29, 1.82) is 0 Å². The summed E-state index contributed by atoms with van der Waals surface area (Å²) in [6, 6.07) is 6.87. The molecule has 0 radical (unpaired) electrons. The standard InChI is InChI=1S/C12H18N2O2.ClH/c1-9(3-2-8-15)14-12(16)10-4-6-11(13)7-5-10;/h4-7,9,15H,2-3,8,13H2,1H3,(H,14,16);1H. The van der Waals surface area contributed by atoms with Crippen molar-refractivity contribution in [3.63, 3.8) is 0 Å². The molecule has 0 aromatic heterocycles. The zero-order valence-corrected chi connectivity index (χ0v) is 10.7. The van der Waals surface area contributed by atoms with Gasteiger partial charge in [0, 0.05) is 23.9 Å². The monoisotopic (exact) mass is 258 g/mol. The lowest BCUT2D eigenvalue weighted by molar-refractivity contribution is 0.0936. The van der Waals surface area contributed by atoms with Crippen molar-refractivity contribution < 1.29 is 9.90 Å². The predicted octanol–water partition coefficient (Wildman–Crippen LogP) is 1.58. The number of anilines is 1. The molecule has 0 aliphatic heterocycles. The summed E-state index contributed by atoms with van der Waals surface area (Å²) in [4.78, 5) is 11.7. The van der Waals surface area contributed by atoms with Gasteiger partial charge in [0.2, 0.25) is 0 Å². The number of aliphatic hydroxyl groups excluding tert-OH is 1. The van der Waals surface area contributed by atoms with Crippen molar-refractivity contribution in [2.45, 2.75) is 25.8 Å². The van der Waals surface area contributed by atoms with Crippen LogP contribution in [0, 0.1) is 0 Å². The van der Waals surface area contributed by atoms with Crippen molar-refractivity contribution in [3.8, 4) is 0 Å². The molecule has 0 aliphatic carbocycles. The Hall–Kier alpha value is -1.26. The van der Waals surface area contributed by atoms with Gasteiger partial charge >= 0.3 is 0 Å². The Bertz CT molecular complexity index is 341. The quantitative estimate of drug-likeness (QED) is 0.702. The Labute approximate surface area is 108 Å². The maximum absolute atomic E-state index is 11.7. The molecular weight excluding hydrogens is 240 g/mol. The van der Waals surface area contributed by atoms with E-state index < -0.39 is 0 Å². The summed E-state index contributed by atoms with van der Waals surface area (Å²) in [5.41, 5.74) is 6.78. The lowest BCUT2D eigenvalue weighted by Crippen LogP contribution is -2.32. The highest BCUT2D eigenvalue weighted by Gasteiger charge is 2.08. The van der Waals surface area contributed by atoms with Gasteiger partial charge in [0.25, 0.3) is 5.91 Å². The molecule has 17 heavy (non-hydrogen) atoms. The Balaban J connectivity index is 0.00000256. The third-order valence-corrected chi connectivity index (χ3v) is 2.35. The third-order valence-electron chi connectivity index (χ3n) is 2.35. The number of amides is 1. The number of nitrogens with one attached hydrogen (secondary N) is 1. The van der Waals surface area contributed by atoms with Gasteiger partial charge in [-0.2, -0.15) is 0 Å². The molecule has 1 aromatic carbocycles. The van der Waals surface area contributed by atoms with E-state index in [4.69, 9.17) is 10.8 Å². The van der Waals surface area contributed by atoms with E-state index in [-0.39, 0.29) is 31.0 Å². The number of benzene rings is 1. The lowest BCUT2D eigenvalue weighted by atomic mass is 10.1. The smallest absolute Gasteiger partial charge is 0.251 e. The van der Waals surface area contributed by atoms with Gasteiger partial charge in [-0.3, -0.25) is 4.79 Å². The van der Waals surface area contributed by atoms with Crippen LogP contribution in [0.4, 0.5) is 5.69 Å². The van der Waals surface area contributed by atoms with Gasteiger partial charge in [0.15, 0.2) is 0 Å². The minimum absolute atomic E-state index is 0. The van der Waals surface area contributed by atoms with Gasteiger partial charge in [-0.1, -0.05) is 0 Å². The number of rotatable bonds is 5.